The van der Waals surface area contributed by atoms with Crippen LogP contribution in [-0.4, -0.2) is 16.8 Å². The van der Waals surface area contributed by atoms with Crippen molar-refractivity contribution in [3.8, 4) is 0 Å². The van der Waals surface area contributed by atoms with Gasteiger partial charge < -0.3 is 9.73 Å². The molecular weight excluding hydrogens is 362 g/mol. The number of aromatic nitrogens is 1. The van der Waals surface area contributed by atoms with Crippen LogP contribution in [0.15, 0.2) is 52.5 Å². The number of hydrogen-bond donors (Lipinski definition) is 2. The highest BCUT2D eigenvalue weighted by molar-refractivity contribution is 7.14. The fourth-order valence-corrected chi connectivity index (χ4v) is 2.98. The Kier molecular flexibility index (Phi) is 5.47. The molecule has 8 heteroatoms. The van der Waals surface area contributed by atoms with Crippen molar-refractivity contribution in [1.29, 1.82) is 0 Å². The highest BCUT2D eigenvalue weighted by atomic mass is 35.5. The number of halogens is 1. The average molecular weight is 376 g/mol. The molecule has 0 aliphatic heterocycles. The van der Waals surface area contributed by atoms with Crippen LogP contribution in [0.25, 0.3) is 0 Å². The Hall–Kier alpha value is -2.64. The summed E-state index contributed by atoms with van der Waals surface area (Å²) in [6.45, 7) is 0.352. The fraction of sp³-hybridized carbons (Fsp3) is 0.118. The molecule has 3 rings (SSSR count). The summed E-state index contributed by atoms with van der Waals surface area (Å²) in [6, 6.07) is 10.5. The largest absolute Gasteiger partial charge is 0.459 e. The van der Waals surface area contributed by atoms with Gasteiger partial charge in [-0.25, -0.2) is 4.98 Å². The van der Waals surface area contributed by atoms with Crippen molar-refractivity contribution in [2.75, 3.05) is 5.32 Å². The highest BCUT2D eigenvalue weighted by Crippen LogP contribution is 2.17. The number of thiazole rings is 1. The van der Waals surface area contributed by atoms with E-state index >= 15 is 0 Å². The zero-order chi connectivity index (χ0) is 17.6. The van der Waals surface area contributed by atoms with E-state index in [9.17, 15) is 9.59 Å². The first kappa shape index (κ1) is 17.2. The minimum Gasteiger partial charge on any atom is -0.459 e. The van der Waals surface area contributed by atoms with E-state index in [4.69, 9.17) is 16.0 Å². The molecule has 0 fully saturated rings. The Morgan fingerprint density at radius 1 is 1.20 bits per heavy atom. The van der Waals surface area contributed by atoms with E-state index in [1.165, 1.54) is 17.6 Å². The lowest BCUT2D eigenvalue weighted by Crippen LogP contribution is -2.24. The Balaban J connectivity index is 1.51. The Morgan fingerprint density at radius 2 is 2.04 bits per heavy atom. The van der Waals surface area contributed by atoms with Gasteiger partial charge in [0.05, 0.1) is 18.4 Å². The number of amides is 2. The van der Waals surface area contributed by atoms with Gasteiger partial charge in [-0.3, -0.25) is 14.9 Å². The molecule has 128 valence electrons. The van der Waals surface area contributed by atoms with Crippen molar-refractivity contribution in [2.45, 2.75) is 13.0 Å². The molecule has 0 bridgehead atoms. The molecule has 0 atom stereocenters. The van der Waals surface area contributed by atoms with Gasteiger partial charge in [0.1, 0.15) is 0 Å². The second-order valence-corrected chi connectivity index (χ2v) is 6.39. The quantitative estimate of drug-likeness (QED) is 0.690. The number of carbonyl (C=O) groups excluding carboxylic acids is 2. The third kappa shape index (κ3) is 4.68. The van der Waals surface area contributed by atoms with E-state index in [1.807, 2.05) is 18.2 Å². The van der Waals surface area contributed by atoms with Crippen LogP contribution < -0.4 is 10.6 Å². The van der Waals surface area contributed by atoms with E-state index in [1.54, 1.807) is 23.6 Å². The van der Waals surface area contributed by atoms with Gasteiger partial charge in [-0.2, -0.15) is 0 Å². The first-order valence-electron chi connectivity index (χ1n) is 7.41. The summed E-state index contributed by atoms with van der Waals surface area (Å²) in [5, 5.41) is 8.18. The minimum atomic E-state index is -0.380. The number of benzene rings is 1. The summed E-state index contributed by atoms with van der Waals surface area (Å²) < 4.78 is 5.01. The van der Waals surface area contributed by atoms with Crippen molar-refractivity contribution in [3.63, 3.8) is 0 Å². The summed E-state index contributed by atoms with van der Waals surface area (Å²) in [5.41, 5.74) is 1.43. The van der Waals surface area contributed by atoms with Crippen LogP contribution in [0.1, 0.15) is 21.8 Å². The smallest absolute Gasteiger partial charge is 0.293 e. The van der Waals surface area contributed by atoms with Gasteiger partial charge in [-0.15, -0.1) is 11.3 Å². The highest BCUT2D eigenvalue weighted by Gasteiger charge is 2.13. The molecule has 2 aromatic heterocycles. The van der Waals surface area contributed by atoms with Gasteiger partial charge >= 0.3 is 0 Å². The summed E-state index contributed by atoms with van der Waals surface area (Å²) in [5.74, 6) is -0.350. The van der Waals surface area contributed by atoms with Crippen molar-refractivity contribution >= 4 is 39.9 Å². The monoisotopic (exact) mass is 375 g/mol. The van der Waals surface area contributed by atoms with E-state index in [0.717, 1.165) is 5.56 Å². The Bertz CT molecular complexity index is 877. The molecule has 2 N–H and O–H groups in total. The second kappa shape index (κ2) is 7.96. The van der Waals surface area contributed by atoms with Gasteiger partial charge in [0.15, 0.2) is 10.9 Å². The third-order valence-electron chi connectivity index (χ3n) is 3.29. The number of nitrogens with one attached hydrogen (secondary N) is 2. The Morgan fingerprint density at radius 3 is 2.80 bits per heavy atom. The normalized spacial score (nSPS) is 10.4. The van der Waals surface area contributed by atoms with Crippen LogP contribution in [0, 0.1) is 0 Å². The van der Waals surface area contributed by atoms with E-state index in [-0.39, 0.29) is 24.0 Å². The predicted octanol–water partition coefficient (Wildman–Crippen LogP) is 3.50. The zero-order valence-electron chi connectivity index (χ0n) is 13.0. The van der Waals surface area contributed by atoms with Gasteiger partial charge in [0, 0.05) is 16.9 Å². The van der Waals surface area contributed by atoms with Crippen LogP contribution in [0.5, 0.6) is 0 Å². The van der Waals surface area contributed by atoms with Gasteiger partial charge in [0.25, 0.3) is 5.91 Å². The van der Waals surface area contributed by atoms with E-state index in [2.05, 4.69) is 15.6 Å². The molecule has 2 heterocycles. The third-order valence-corrected chi connectivity index (χ3v) is 4.47. The number of hydrogen-bond acceptors (Lipinski definition) is 5. The summed E-state index contributed by atoms with van der Waals surface area (Å²) in [4.78, 5) is 28.1. The van der Waals surface area contributed by atoms with Gasteiger partial charge in [-0.1, -0.05) is 29.8 Å². The topological polar surface area (TPSA) is 84.2 Å². The number of carbonyl (C=O) groups is 2. The van der Waals surface area contributed by atoms with Crippen LogP contribution in [-0.2, 0) is 17.8 Å². The molecule has 6 nitrogen and oxygen atoms in total. The molecule has 0 spiro atoms. The standard InChI is InChI=1S/C17H14ClN3O3S/c18-13-5-2-1-4-11(13)9-19-15(22)8-12-10-25-17(20-12)21-16(23)14-6-3-7-24-14/h1-7,10H,8-9H2,(H,19,22)(H,20,21,23). The summed E-state index contributed by atoms with van der Waals surface area (Å²) in [7, 11) is 0. The van der Waals surface area contributed by atoms with Crippen molar-refractivity contribution < 1.29 is 14.0 Å². The molecule has 0 saturated carbocycles. The molecular formula is C17H14ClN3O3S. The van der Waals surface area contributed by atoms with Crippen molar-refractivity contribution in [1.82, 2.24) is 10.3 Å². The first-order chi connectivity index (χ1) is 12.1. The molecule has 0 aliphatic carbocycles. The predicted molar refractivity (Wildman–Crippen MR) is 95.8 cm³/mol. The average Bonchev–Trinajstić information content (AvgIpc) is 3.26. The molecule has 0 unspecified atom stereocenters. The lowest BCUT2D eigenvalue weighted by atomic mass is 10.2. The molecule has 0 aliphatic rings. The van der Waals surface area contributed by atoms with Crippen LogP contribution in [0.2, 0.25) is 5.02 Å². The van der Waals surface area contributed by atoms with Crippen molar-refractivity contribution in [3.05, 3.63) is 70.1 Å². The molecule has 0 saturated heterocycles. The number of nitrogens with zero attached hydrogens (tertiary/aromatic N) is 1. The maximum absolute atomic E-state index is 12.0. The number of furan rings is 1. The van der Waals surface area contributed by atoms with Gasteiger partial charge in [0.2, 0.25) is 5.91 Å². The maximum Gasteiger partial charge on any atom is 0.293 e. The number of rotatable bonds is 6. The summed E-state index contributed by atoms with van der Waals surface area (Å²) in [6.07, 6.45) is 1.54. The second-order valence-electron chi connectivity index (χ2n) is 5.12. The lowest BCUT2D eigenvalue weighted by Gasteiger charge is -2.06. The van der Waals surface area contributed by atoms with E-state index in [0.29, 0.717) is 22.4 Å². The number of anilines is 1. The molecule has 1 aromatic carbocycles. The first-order valence-corrected chi connectivity index (χ1v) is 8.67. The Labute approximate surface area is 152 Å². The van der Waals surface area contributed by atoms with E-state index < -0.39 is 0 Å². The maximum atomic E-state index is 12.0. The molecule has 0 radical (unpaired) electrons. The molecule has 2 amide bonds. The zero-order valence-corrected chi connectivity index (χ0v) is 14.6. The molecule has 3 aromatic rings. The minimum absolute atomic E-state index is 0.123. The SMILES string of the molecule is O=C(Cc1csc(NC(=O)c2ccco2)n1)NCc1ccccc1Cl. The lowest BCUT2D eigenvalue weighted by molar-refractivity contribution is -0.120. The van der Waals surface area contributed by atoms with Crippen LogP contribution in [0.4, 0.5) is 5.13 Å². The van der Waals surface area contributed by atoms with Crippen LogP contribution >= 0.6 is 22.9 Å². The summed E-state index contributed by atoms with van der Waals surface area (Å²) >= 11 is 7.30. The van der Waals surface area contributed by atoms with Crippen molar-refractivity contribution in [2.24, 2.45) is 0 Å². The van der Waals surface area contributed by atoms with Gasteiger partial charge in [-0.05, 0) is 23.8 Å². The van der Waals surface area contributed by atoms with Crippen LogP contribution in [0.3, 0.4) is 0 Å². The fourth-order valence-electron chi connectivity index (χ4n) is 2.07. The molecule has 25 heavy (non-hydrogen) atoms.